The highest BCUT2D eigenvalue weighted by Crippen LogP contribution is 2.29. The van der Waals surface area contributed by atoms with Gasteiger partial charge in [0.25, 0.3) is 0 Å². The molecule has 34 heavy (non-hydrogen) atoms. The maximum atomic E-state index is 13.0. The molecule has 170 valence electrons. The van der Waals surface area contributed by atoms with Gasteiger partial charge >= 0.3 is 0 Å². The van der Waals surface area contributed by atoms with Crippen LogP contribution in [0.4, 0.5) is 5.69 Å². The molecule has 3 aromatic carbocycles. The molecule has 8 heteroatoms. The molecule has 4 aromatic rings. The van der Waals surface area contributed by atoms with Gasteiger partial charge in [-0.15, -0.1) is 10.2 Å². The first-order valence-corrected chi connectivity index (χ1v) is 11.6. The average molecular weight is 470 g/mol. The Morgan fingerprint density at radius 3 is 2.38 bits per heavy atom. The highest BCUT2D eigenvalue weighted by molar-refractivity contribution is 7.99. The number of hydrogen-bond acceptors (Lipinski definition) is 6. The number of carbonyl (C=O) groups excluding carboxylic acids is 1. The summed E-state index contributed by atoms with van der Waals surface area (Å²) in [4.78, 5) is 14.5. The Morgan fingerprint density at radius 2 is 1.74 bits per heavy atom. The fourth-order valence-corrected chi connectivity index (χ4v) is 4.25. The number of rotatable bonds is 8. The molecule has 0 spiro atoms. The Kier molecular flexibility index (Phi) is 7.25. The summed E-state index contributed by atoms with van der Waals surface area (Å²) < 4.78 is 7.21. The Hall–Kier alpha value is -4.09. The van der Waals surface area contributed by atoms with Gasteiger partial charge in [0.15, 0.2) is 11.0 Å². The fraction of sp³-hybridized carbons (Fsp3) is 0.154. The highest BCUT2D eigenvalue weighted by atomic mass is 32.2. The third-order valence-corrected chi connectivity index (χ3v) is 6.11. The van der Waals surface area contributed by atoms with E-state index in [1.807, 2.05) is 90.4 Å². The van der Waals surface area contributed by atoms with Crippen LogP contribution in [-0.2, 0) is 4.79 Å². The average Bonchev–Trinajstić information content (AvgIpc) is 3.30. The van der Waals surface area contributed by atoms with Crippen LogP contribution in [0, 0.1) is 18.3 Å². The molecule has 4 rings (SSSR count). The molecule has 0 aliphatic heterocycles. The minimum atomic E-state index is -0.179. The molecule has 1 aromatic heterocycles. The maximum Gasteiger partial charge on any atom is 0.238 e. The second-order valence-corrected chi connectivity index (χ2v) is 8.41. The summed E-state index contributed by atoms with van der Waals surface area (Å²) in [5.74, 6) is 1.35. The van der Waals surface area contributed by atoms with Gasteiger partial charge in [0.05, 0.1) is 18.9 Å². The molecule has 0 saturated heterocycles. The number of nitriles is 1. The Morgan fingerprint density at radius 1 is 1.03 bits per heavy atom. The van der Waals surface area contributed by atoms with Gasteiger partial charge in [-0.3, -0.25) is 14.3 Å². The van der Waals surface area contributed by atoms with E-state index in [1.54, 1.807) is 7.11 Å². The second-order valence-electron chi connectivity index (χ2n) is 7.47. The Labute approximate surface area is 202 Å². The van der Waals surface area contributed by atoms with Gasteiger partial charge < -0.3 is 4.74 Å². The minimum Gasteiger partial charge on any atom is -0.497 e. The topological polar surface area (TPSA) is 84.0 Å². The van der Waals surface area contributed by atoms with Gasteiger partial charge in [-0.1, -0.05) is 47.7 Å². The molecule has 0 fully saturated rings. The minimum absolute atomic E-state index is 0.0227. The lowest BCUT2D eigenvalue weighted by Gasteiger charge is -2.19. The molecule has 0 saturated carbocycles. The number of methoxy groups -OCH3 is 1. The number of thioether (sulfide) groups is 1. The second kappa shape index (κ2) is 10.7. The smallest absolute Gasteiger partial charge is 0.238 e. The predicted molar refractivity (Wildman–Crippen MR) is 133 cm³/mol. The van der Waals surface area contributed by atoms with Crippen molar-refractivity contribution in [3.8, 4) is 28.9 Å². The lowest BCUT2D eigenvalue weighted by atomic mass is 10.2. The van der Waals surface area contributed by atoms with E-state index in [9.17, 15) is 10.1 Å². The zero-order valence-electron chi connectivity index (χ0n) is 18.9. The maximum absolute atomic E-state index is 13.0. The number of hydrogen-bond donors (Lipinski definition) is 0. The van der Waals surface area contributed by atoms with Crippen molar-refractivity contribution in [2.75, 3.05) is 24.3 Å². The molecular weight excluding hydrogens is 446 g/mol. The molecular formula is C26H23N5O2S. The first-order chi connectivity index (χ1) is 16.6. The van der Waals surface area contributed by atoms with Crippen LogP contribution in [0.1, 0.15) is 5.56 Å². The van der Waals surface area contributed by atoms with Crippen molar-refractivity contribution in [2.45, 2.75) is 12.1 Å². The van der Waals surface area contributed by atoms with Crippen LogP contribution in [0.2, 0.25) is 0 Å². The van der Waals surface area contributed by atoms with Gasteiger partial charge in [0.2, 0.25) is 5.91 Å². The predicted octanol–water partition coefficient (Wildman–Crippen LogP) is 4.90. The number of aromatic nitrogens is 3. The summed E-state index contributed by atoms with van der Waals surface area (Å²) >= 11 is 1.29. The summed E-state index contributed by atoms with van der Waals surface area (Å²) in [5.41, 5.74) is 3.60. The summed E-state index contributed by atoms with van der Waals surface area (Å²) in [5, 5.41) is 18.6. The van der Waals surface area contributed by atoms with E-state index in [1.165, 1.54) is 16.7 Å². The quantitative estimate of drug-likeness (QED) is 0.270. The van der Waals surface area contributed by atoms with Crippen molar-refractivity contribution in [2.24, 2.45) is 0 Å². The highest BCUT2D eigenvalue weighted by Gasteiger charge is 2.20. The van der Waals surface area contributed by atoms with Crippen LogP contribution in [0.25, 0.3) is 17.1 Å². The van der Waals surface area contributed by atoms with E-state index >= 15 is 0 Å². The standard InChI is InChI=1S/C26H23N5O2S/c1-19-8-12-22(13-9-19)31-25(20-10-14-23(33-2)15-11-20)28-29-26(31)34-18-24(32)30(17-16-27)21-6-4-3-5-7-21/h3-15H,17-18H2,1-2H3. The van der Waals surface area contributed by atoms with Crippen molar-refractivity contribution in [3.63, 3.8) is 0 Å². The summed E-state index contributed by atoms with van der Waals surface area (Å²) in [7, 11) is 1.63. The third kappa shape index (κ3) is 5.11. The van der Waals surface area contributed by atoms with E-state index in [0.29, 0.717) is 16.7 Å². The van der Waals surface area contributed by atoms with E-state index in [-0.39, 0.29) is 18.2 Å². The van der Waals surface area contributed by atoms with E-state index in [4.69, 9.17) is 4.74 Å². The Bertz CT molecular complexity index is 1300. The lowest BCUT2D eigenvalue weighted by molar-refractivity contribution is -0.116. The molecule has 0 atom stereocenters. The van der Waals surface area contributed by atoms with Gasteiger partial charge in [-0.25, -0.2) is 0 Å². The number of benzene rings is 3. The van der Waals surface area contributed by atoms with Crippen molar-refractivity contribution in [1.29, 1.82) is 5.26 Å². The van der Waals surface area contributed by atoms with Crippen LogP contribution in [0.3, 0.4) is 0 Å². The van der Waals surface area contributed by atoms with Crippen LogP contribution < -0.4 is 9.64 Å². The zero-order valence-corrected chi connectivity index (χ0v) is 19.7. The van der Waals surface area contributed by atoms with Crippen LogP contribution in [0.15, 0.2) is 84.0 Å². The SMILES string of the molecule is COc1ccc(-c2nnc(SCC(=O)N(CC#N)c3ccccc3)n2-c2ccc(C)cc2)cc1. The first-order valence-electron chi connectivity index (χ1n) is 10.6. The number of amides is 1. The van der Waals surface area contributed by atoms with E-state index in [0.717, 1.165) is 22.6 Å². The molecule has 1 heterocycles. The normalized spacial score (nSPS) is 10.5. The fourth-order valence-electron chi connectivity index (χ4n) is 3.42. The lowest BCUT2D eigenvalue weighted by Crippen LogP contribution is -2.32. The third-order valence-electron chi connectivity index (χ3n) is 5.20. The van der Waals surface area contributed by atoms with Crippen LogP contribution >= 0.6 is 11.8 Å². The summed E-state index contributed by atoms with van der Waals surface area (Å²) in [6.45, 7) is 2.01. The van der Waals surface area contributed by atoms with Crippen molar-refractivity contribution in [1.82, 2.24) is 14.8 Å². The molecule has 0 N–H and O–H groups in total. The van der Waals surface area contributed by atoms with Gasteiger partial charge in [0.1, 0.15) is 12.3 Å². The number of para-hydroxylation sites is 1. The van der Waals surface area contributed by atoms with Gasteiger partial charge in [-0.2, -0.15) is 5.26 Å². The molecule has 0 aliphatic carbocycles. The largest absolute Gasteiger partial charge is 0.497 e. The number of nitrogens with zero attached hydrogens (tertiary/aromatic N) is 5. The van der Waals surface area contributed by atoms with Crippen molar-refractivity contribution in [3.05, 3.63) is 84.4 Å². The number of aryl methyl sites for hydroxylation is 1. The molecule has 0 bridgehead atoms. The van der Waals surface area contributed by atoms with Gasteiger partial charge in [0, 0.05) is 16.9 Å². The number of carbonyl (C=O) groups is 1. The summed E-state index contributed by atoms with van der Waals surface area (Å²) in [6, 6.07) is 26.9. The van der Waals surface area contributed by atoms with E-state index < -0.39 is 0 Å². The molecule has 0 unspecified atom stereocenters. The number of anilines is 1. The zero-order chi connectivity index (χ0) is 23.9. The number of ether oxygens (including phenoxy) is 1. The molecule has 1 amide bonds. The molecule has 0 radical (unpaired) electrons. The van der Waals surface area contributed by atoms with Crippen LogP contribution in [-0.4, -0.2) is 40.1 Å². The Balaban J connectivity index is 1.65. The van der Waals surface area contributed by atoms with Crippen molar-refractivity contribution >= 4 is 23.4 Å². The summed E-state index contributed by atoms with van der Waals surface area (Å²) in [6.07, 6.45) is 0. The molecule has 7 nitrogen and oxygen atoms in total. The van der Waals surface area contributed by atoms with E-state index in [2.05, 4.69) is 16.3 Å². The van der Waals surface area contributed by atoms with Crippen molar-refractivity contribution < 1.29 is 9.53 Å². The van der Waals surface area contributed by atoms with Gasteiger partial charge in [-0.05, 0) is 55.5 Å². The van der Waals surface area contributed by atoms with Crippen LogP contribution in [0.5, 0.6) is 5.75 Å². The monoisotopic (exact) mass is 469 g/mol. The molecule has 0 aliphatic rings. The first kappa shape index (κ1) is 23.1.